The molecule has 15 heavy (non-hydrogen) atoms. The standard InChI is InChI=1S/C11H15O2PS/c1-11(2)8-12-14(15,13-9-11)10-6-4-3-5-7-10/h3-7H,8-9H2,1-2H3. The predicted octanol–water partition coefficient (Wildman–Crippen LogP) is 2.69. The van der Waals surface area contributed by atoms with Crippen LogP contribution in [0, 0.1) is 5.41 Å². The molecule has 1 heterocycles. The number of rotatable bonds is 1. The first-order valence-electron chi connectivity index (χ1n) is 4.97. The van der Waals surface area contributed by atoms with Crippen molar-refractivity contribution in [1.29, 1.82) is 0 Å². The summed E-state index contributed by atoms with van der Waals surface area (Å²) >= 11 is 5.49. The smallest absolute Gasteiger partial charge is 0.219 e. The van der Waals surface area contributed by atoms with Crippen LogP contribution in [0.5, 0.6) is 0 Å². The molecule has 0 radical (unpaired) electrons. The lowest BCUT2D eigenvalue weighted by atomic mass is 9.97. The number of hydrogen-bond donors (Lipinski definition) is 0. The van der Waals surface area contributed by atoms with E-state index in [0.29, 0.717) is 13.2 Å². The van der Waals surface area contributed by atoms with Crippen molar-refractivity contribution in [3.05, 3.63) is 30.3 Å². The van der Waals surface area contributed by atoms with Gasteiger partial charge in [-0.3, -0.25) is 0 Å². The van der Waals surface area contributed by atoms with Crippen LogP contribution >= 0.6 is 6.49 Å². The molecule has 0 aliphatic carbocycles. The second-order valence-electron chi connectivity index (χ2n) is 4.54. The normalized spacial score (nSPS) is 23.6. The third-order valence-electron chi connectivity index (χ3n) is 2.32. The minimum atomic E-state index is -2.21. The third kappa shape index (κ3) is 2.48. The van der Waals surface area contributed by atoms with E-state index in [1.165, 1.54) is 0 Å². The molecule has 1 aromatic rings. The van der Waals surface area contributed by atoms with Crippen molar-refractivity contribution in [3.63, 3.8) is 0 Å². The zero-order valence-electron chi connectivity index (χ0n) is 8.97. The lowest BCUT2D eigenvalue weighted by molar-refractivity contribution is 0.0641. The number of benzene rings is 1. The minimum Gasteiger partial charge on any atom is -0.325 e. The quantitative estimate of drug-likeness (QED) is 0.705. The molecule has 1 aromatic carbocycles. The van der Waals surface area contributed by atoms with E-state index in [1.54, 1.807) is 0 Å². The van der Waals surface area contributed by atoms with Crippen molar-refractivity contribution in [3.8, 4) is 0 Å². The van der Waals surface area contributed by atoms with E-state index in [4.69, 9.17) is 20.9 Å². The monoisotopic (exact) mass is 242 g/mol. The van der Waals surface area contributed by atoms with Gasteiger partial charge in [-0.2, -0.15) is 0 Å². The van der Waals surface area contributed by atoms with E-state index in [9.17, 15) is 0 Å². The van der Waals surface area contributed by atoms with Gasteiger partial charge < -0.3 is 9.05 Å². The lowest BCUT2D eigenvalue weighted by Gasteiger charge is -2.36. The van der Waals surface area contributed by atoms with Crippen LogP contribution in [0.15, 0.2) is 30.3 Å². The first-order chi connectivity index (χ1) is 7.02. The summed E-state index contributed by atoms with van der Waals surface area (Å²) < 4.78 is 11.5. The van der Waals surface area contributed by atoms with Crippen LogP contribution in [-0.4, -0.2) is 13.2 Å². The summed E-state index contributed by atoms with van der Waals surface area (Å²) in [6.45, 7) is 3.39. The van der Waals surface area contributed by atoms with E-state index in [-0.39, 0.29) is 5.41 Å². The highest BCUT2D eigenvalue weighted by molar-refractivity contribution is 8.13. The Morgan fingerprint density at radius 1 is 1.13 bits per heavy atom. The molecule has 4 heteroatoms. The molecule has 1 aliphatic rings. The van der Waals surface area contributed by atoms with Gasteiger partial charge in [0.1, 0.15) is 0 Å². The van der Waals surface area contributed by atoms with Crippen LogP contribution < -0.4 is 5.30 Å². The van der Waals surface area contributed by atoms with Gasteiger partial charge in [0.05, 0.1) is 13.2 Å². The largest absolute Gasteiger partial charge is 0.325 e. The summed E-state index contributed by atoms with van der Waals surface area (Å²) in [5, 5.41) is 1.01. The molecular weight excluding hydrogens is 227 g/mol. The van der Waals surface area contributed by atoms with E-state index < -0.39 is 6.49 Å². The molecule has 0 saturated carbocycles. The average Bonchev–Trinajstić information content (AvgIpc) is 2.24. The first kappa shape index (κ1) is 11.3. The molecule has 0 amide bonds. The van der Waals surface area contributed by atoms with E-state index in [2.05, 4.69) is 13.8 Å². The Labute approximate surface area is 95.8 Å². The van der Waals surface area contributed by atoms with Crippen LogP contribution in [0.4, 0.5) is 0 Å². The molecule has 0 aromatic heterocycles. The summed E-state index contributed by atoms with van der Waals surface area (Å²) in [4.78, 5) is 0. The van der Waals surface area contributed by atoms with Gasteiger partial charge in [0.2, 0.25) is 6.49 Å². The van der Waals surface area contributed by atoms with Crippen LogP contribution in [0.3, 0.4) is 0 Å². The second-order valence-corrected chi connectivity index (χ2v) is 8.01. The minimum absolute atomic E-state index is 0.0804. The van der Waals surface area contributed by atoms with Crippen molar-refractivity contribution < 1.29 is 9.05 Å². The first-order valence-corrected chi connectivity index (χ1v) is 7.60. The van der Waals surface area contributed by atoms with Crippen molar-refractivity contribution in [2.24, 2.45) is 5.41 Å². The third-order valence-corrected chi connectivity index (χ3v) is 5.46. The fourth-order valence-electron chi connectivity index (χ4n) is 1.36. The van der Waals surface area contributed by atoms with Crippen LogP contribution in [-0.2, 0) is 20.9 Å². The van der Waals surface area contributed by atoms with Crippen molar-refractivity contribution >= 4 is 23.6 Å². The molecule has 2 rings (SSSR count). The van der Waals surface area contributed by atoms with Crippen molar-refractivity contribution in [2.45, 2.75) is 13.8 Å². The Balaban J connectivity index is 2.21. The predicted molar refractivity (Wildman–Crippen MR) is 66.0 cm³/mol. The Kier molecular flexibility index (Phi) is 3.00. The van der Waals surface area contributed by atoms with Gasteiger partial charge in [0.25, 0.3) is 0 Å². The van der Waals surface area contributed by atoms with Gasteiger partial charge in [-0.05, 0) is 23.9 Å². The summed E-state index contributed by atoms with van der Waals surface area (Å²) in [6.07, 6.45) is 0. The maximum absolute atomic E-state index is 5.77. The van der Waals surface area contributed by atoms with Gasteiger partial charge in [-0.25, -0.2) is 0 Å². The van der Waals surface area contributed by atoms with Gasteiger partial charge in [-0.15, -0.1) is 0 Å². The molecule has 0 unspecified atom stereocenters. The summed E-state index contributed by atoms with van der Waals surface area (Å²) in [5.41, 5.74) is 0.0804. The molecule has 2 nitrogen and oxygen atoms in total. The molecule has 1 aliphatic heterocycles. The maximum atomic E-state index is 5.77. The zero-order valence-corrected chi connectivity index (χ0v) is 10.7. The number of hydrogen-bond acceptors (Lipinski definition) is 3. The molecule has 1 saturated heterocycles. The lowest BCUT2D eigenvalue weighted by Crippen LogP contribution is -2.31. The van der Waals surface area contributed by atoms with Crippen LogP contribution in [0.2, 0.25) is 0 Å². The second kappa shape index (κ2) is 3.99. The molecule has 0 N–H and O–H groups in total. The highest BCUT2D eigenvalue weighted by atomic mass is 32.5. The molecular formula is C11H15O2PS. The van der Waals surface area contributed by atoms with E-state index in [0.717, 1.165) is 5.30 Å². The highest BCUT2D eigenvalue weighted by Crippen LogP contribution is 2.52. The maximum Gasteiger partial charge on any atom is 0.219 e. The van der Waals surface area contributed by atoms with Crippen LogP contribution in [0.1, 0.15) is 13.8 Å². The van der Waals surface area contributed by atoms with Gasteiger partial charge in [0, 0.05) is 10.7 Å². The topological polar surface area (TPSA) is 18.5 Å². The SMILES string of the molecule is CC1(C)COP(=S)(c2ccccc2)OC1. The Morgan fingerprint density at radius 2 is 1.67 bits per heavy atom. The fraction of sp³-hybridized carbons (Fsp3) is 0.455. The summed E-state index contributed by atoms with van der Waals surface area (Å²) in [7, 11) is 0. The molecule has 0 atom stereocenters. The van der Waals surface area contributed by atoms with Gasteiger partial charge in [-0.1, -0.05) is 32.0 Å². The summed E-state index contributed by atoms with van der Waals surface area (Å²) in [5.74, 6) is 0. The van der Waals surface area contributed by atoms with Gasteiger partial charge >= 0.3 is 0 Å². The van der Waals surface area contributed by atoms with Gasteiger partial charge in [0.15, 0.2) is 0 Å². The van der Waals surface area contributed by atoms with E-state index >= 15 is 0 Å². The molecule has 82 valence electrons. The molecule has 0 bridgehead atoms. The molecule has 1 fully saturated rings. The van der Waals surface area contributed by atoms with Crippen molar-refractivity contribution in [2.75, 3.05) is 13.2 Å². The average molecular weight is 242 g/mol. The molecule has 0 spiro atoms. The summed E-state index contributed by atoms with van der Waals surface area (Å²) in [6, 6.07) is 9.88. The van der Waals surface area contributed by atoms with Crippen molar-refractivity contribution in [1.82, 2.24) is 0 Å². The Bertz CT molecular complexity index is 375. The van der Waals surface area contributed by atoms with Crippen LogP contribution in [0.25, 0.3) is 0 Å². The Morgan fingerprint density at radius 3 is 2.20 bits per heavy atom. The van der Waals surface area contributed by atoms with E-state index in [1.807, 2.05) is 30.3 Å². The Hall–Kier alpha value is -0.210. The highest BCUT2D eigenvalue weighted by Gasteiger charge is 2.34. The fourth-order valence-corrected chi connectivity index (χ4v) is 3.99. The zero-order chi connectivity index (χ0) is 10.9.